The number of hydrogen-bond donors (Lipinski definition) is 1. The van der Waals surface area contributed by atoms with Gasteiger partial charge in [-0.3, -0.25) is 0 Å². The first-order valence-electron chi connectivity index (χ1n) is 2.98. The Hall–Kier alpha value is -1.89. The van der Waals surface area contributed by atoms with Gasteiger partial charge in [-0.2, -0.15) is 5.26 Å². The highest BCUT2D eigenvalue weighted by Crippen LogP contribution is 2.13. The third-order valence-electron chi connectivity index (χ3n) is 1.10. The van der Waals surface area contributed by atoms with Crippen molar-refractivity contribution in [3.63, 3.8) is 0 Å². The lowest BCUT2D eigenvalue weighted by Gasteiger charge is -1.90. The van der Waals surface area contributed by atoms with Gasteiger partial charge in [-0.1, -0.05) is 5.11 Å². The molecule has 1 aromatic carbocycles. The summed E-state index contributed by atoms with van der Waals surface area (Å²) in [6.45, 7) is 0. The molecule has 0 atom stereocenters. The van der Waals surface area contributed by atoms with Gasteiger partial charge in [-0.15, -0.1) is 5.11 Å². The van der Waals surface area contributed by atoms with Crippen LogP contribution in [0.15, 0.2) is 34.5 Å². The number of rotatable bonds is 1. The second kappa shape index (κ2) is 3.32. The van der Waals surface area contributed by atoms with Crippen molar-refractivity contribution in [1.29, 1.82) is 5.26 Å². The maximum Gasteiger partial charge on any atom is 0.226 e. The molecule has 0 aliphatic rings. The fourth-order valence-electron chi connectivity index (χ4n) is 0.621. The molecule has 0 heterocycles. The van der Waals surface area contributed by atoms with Crippen molar-refractivity contribution in [3.8, 4) is 6.19 Å². The van der Waals surface area contributed by atoms with Gasteiger partial charge in [0, 0.05) is 5.69 Å². The van der Waals surface area contributed by atoms with E-state index in [1.165, 1.54) is 0 Å². The Bertz CT molecular complexity index is 293. The largest absolute Gasteiger partial charge is 0.399 e. The van der Waals surface area contributed by atoms with Crippen molar-refractivity contribution >= 4 is 11.4 Å². The first-order valence-corrected chi connectivity index (χ1v) is 2.98. The average Bonchev–Trinajstić information content (AvgIpc) is 2.04. The fourth-order valence-corrected chi connectivity index (χ4v) is 0.621. The van der Waals surface area contributed by atoms with Crippen LogP contribution >= 0.6 is 0 Å². The molecule has 0 fully saturated rings. The van der Waals surface area contributed by atoms with Crippen molar-refractivity contribution < 1.29 is 0 Å². The monoisotopic (exact) mass is 146 g/mol. The van der Waals surface area contributed by atoms with E-state index in [4.69, 9.17) is 11.0 Å². The third-order valence-corrected chi connectivity index (χ3v) is 1.10. The summed E-state index contributed by atoms with van der Waals surface area (Å²) in [5.41, 5.74) is 6.71. The molecule has 2 N–H and O–H groups in total. The van der Waals surface area contributed by atoms with Gasteiger partial charge in [-0.25, -0.2) is 0 Å². The lowest BCUT2D eigenvalue weighted by atomic mass is 10.3. The molecule has 0 amide bonds. The standard InChI is InChI=1S/C7H6N4/c8-5-10-11-7-3-1-6(9)2-4-7/h1-4H,9H2/b11-10+. The number of hydrogen-bond acceptors (Lipinski definition) is 4. The smallest absolute Gasteiger partial charge is 0.226 e. The quantitative estimate of drug-likeness (QED) is 0.373. The number of nitrogens with zero attached hydrogens (tertiary/aromatic N) is 3. The van der Waals surface area contributed by atoms with Crippen molar-refractivity contribution in [2.24, 2.45) is 10.2 Å². The van der Waals surface area contributed by atoms with Crippen LogP contribution < -0.4 is 5.73 Å². The molecule has 0 unspecified atom stereocenters. The van der Waals surface area contributed by atoms with Crippen LogP contribution in [-0.4, -0.2) is 0 Å². The molecule has 0 aliphatic carbocycles. The Balaban J connectivity index is 2.84. The summed E-state index contributed by atoms with van der Waals surface area (Å²) in [6.07, 6.45) is 1.56. The second-order valence-corrected chi connectivity index (χ2v) is 1.89. The Labute approximate surface area is 64.0 Å². The molecule has 0 aromatic heterocycles. The van der Waals surface area contributed by atoms with E-state index in [2.05, 4.69) is 10.2 Å². The number of benzene rings is 1. The highest BCUT2D eigenvalue weighted by atomic mass is 15.1. The molecule has 0 saturated carbocycles. The number of azo groups is 1. The maximum absolute atomic E-state index is 8.05. The number of anilines is 1. The SMILES string of the molecule is N#C/N=N/c1ccc(N)cc1. The van der Waals surface area contributed by atoms with Crippen LogP contribution in [0.4, 0.5) is 11.4 Å². The summed E-state index contributed by atoms with van der Waals surface area (Å²) in [4.78, 5) is 0. The van der Waals surface area contributed by atoms with Crippen LogP contribution in [0.5, 0.6) is 0 Å². The van der Waals surface area contributed by atoms with Gasteiger partial charge in [0.1, 0.15) is 0 Å². The van der Waals surface area contributed by atoms with E-state index in [0.717, 1.165) is 0 Å². The van der Waals surface area contributed by atoms with E-state index < -0.39 is 0 Å². The van der Waals surface area contributed by atoms with E-state index in [9.17, 15) is 0 Å². The van der Waals surface area contributed by atoms with Crippen LogP contribution in [0.3, 0.4) is 0 Å². The molecule has 0 aliphatic heterocycles. The van der Waals surface area contributed by atoms with Gasteiger partial charge in [-0.05, 0) is 24.3 Å². The number of nitriles is 1. The lowest BCUT2D eigenvalue weighted by Crippen LogP contribution is -1.80. The van der Waals surface area contributed by atoms with Crippen LogP contribution in [-0.2, 0) is 0 Å². The molecule has 0 bridgehead atoms. The van der Waals surface area contributed by atoms with E-state index in [1.54, 1.807) is 30.5 Å². The Kier molecular flexibility index (Phi) is 2.18. The first-order chi connectivity index (χ1) is 5.33. The van der Waals surface area contributed by atoms with Gasteiger partial charge in [0.2, 0.25) is 6.19 Å². The lowest BCUT2D eigenvalue weighted by molar-refractivity contribution is 1.23. The van der Waals surface area contributed by atoms with Crippen molar-refractivity contribution in [1.82, 2.24) is 0 Å². The minimum Gasteiger partial charge on any atom is -0.399 e. The Morgan fingerprint density at radius 3 is 2.45 bits per heavy atom. The topological polar surface area (TPSA) is 74.5 Å². The predicted molar refractivity (Wildman–Crippen MR) is 41.0 cm³/mol. The molecule has 4 heteroatoms. The second-order valence-electron chi connectivity index (χ2n) is 1.89. The summed E-state index contributed by atoms with van der Waals surface area (Å²) in [5, 5.41) is 14.8. The normalized spacial score (nSPS) is 9.73. The summed E-state index contributed by atoms with van der Waals surface area (Å²) < 4.78 is 0. The summed E-state index contributed by atoms with van der Waals surface area (Å²) in [7, 11) is 0. The van der Waals surface area contributed by atoms with E-state index in [1.807, 2.05) is 0 Å². The molecule has 1 rings (SSSR count). The van der Waals surface area contributed by atoms with E-state index in [0.29, 0.717) is 11.4 Å². The molecule has 0 saturated heterocycles. The Morgan fingerprint density at radius 2 is 1.91 bits per heavy atom. The summed E-state index contributed by atoms with van der Waals surface area (Å²) in [6, 6.07) is 6.78. The zero-order valence-electron chi connectivity index (χ0n) is 5.73. The molecule has 4 nitrogen and oxygen atoms in total. The zero-order chi connectivity index (χ0) is 8.10. The first kappa shape index (κ1) is 7.22. The number of nitrogen functional groups attached to an aromatic ring is 1. The minimum atomic E-state index is 0.626. The predicted octanol–water partition coefficient (Wildman–Crippen LogP) is 1.83. The fraction of sp³-hybridized carbons (Fsp3) is 0. The average molecular weight is 146 g/mol. The van der Waals surface area contributed by atoms with Gasteiger partial charge in [0.05, 0.1) is 5.69 Å². The van der Waals surface area contributed by atoms with Crippen LogP contribution in [0.1, 0.15) is 0 Å². The third kappa shape index (κ3) is 2.06. The van der Waals surface area contributed by atoms with Gasteiger partial charge < -0.3 is 5.73 Å². The molecule has 0 radical (unpaired) electrons. The molecular formula is C7H6N4. The molecule has 0 spiro atoms. The van der Waals surface area contributed by atoms with Gasteiger partial charge in [0.15, 0.2) is 0 Å². The molecular weight excluding hydrogens is 140 g/mol. The van der Waals surface area contributed by atoms with Gasteiger partial charge in [0.25, 0.3) is 0 Å². The van der Waals surface area contributed by atoms with Gasteiger partial charge >= 0.3 is 0 Å². The van der Waals surface area contributed by atoms with E-state index >= 15 is 0 Å². The summed E-state index contributed by atoms with van der Waals surface area (Å²) in [5.74, 6) is 0. The molecule has 11 heavy (non-hydrogen) atoms. The van der Waals surface area contributed by atoms with Crippen LogP contribution in [0.2, 0.25) is 0 Å². The Morgan fingerprint density at radius 1 is 1.27 bits per heavy atom. The highest BCUT2D eigenvalue weighted by molar-refractivity contribution is 5.47. The minimum absolute atomic E-state index is 0.626. The van der Waals surface area contributed by atoms with Crippen molar-refractivity contribution in [2.45, 2.75) is 0 Å². The van der Waals surface area contributed by atoms with E-state index in [-0.39, 0.29) is 0 Å². The van der Waals surface area contributed by atoms with Crippen LogP contribution in [0.25, 0.3) is 0 Å². The zero-order valence-corrected chi connectivity index (χ0v) is 5.73. The number of nitrogens with two attached hydrogens (primary N) is 1. The maximum atomic E-state index is 8.05. The summed E-state index contributed by atoms with van der Waals surface area (Å²) >= 11 is 0. The van der Waals surface area contributed by atoms with Crippen molar-refractivity contribution in [2.75, 3.05) is 5.73 Å². The highest BCUT2D eigenvalue weighted by Gasteiger charge is 1.86. The van der Waals surface area contributed by atoms with Crippen molar-refractivity contribution in [3.05, 3.63) is 24.3 Å². The molecule has 1 aromatic rings. The van der Waals surface area contributed by atoms with Crippen LogP contribution in [0, 0.1) is 11.5 Å². The molecule has 54 valence electrons.